The molecule has 1 saturated heterocycles. The summed E-state index contributed by atoms with van der Waals surface area (Å²) in [6.07, 6.45) is 8.48. The van der Waals surface area contributed by atoms with E-state index in [0.29, 0.717) is 0 Å². The molecule has 0 unspecified atom stereocenters. The normalized spacial score (nSPS) is 19.4. The van der Waals surface area contributed by atoms with Gasteiger partial charge in [-0.05, 0) is 37.6 Å². The summed E-state index contributed by atoms with van der Waals surface area (Å²) in [5, 5.41) is 6.10. The maximum atomic E-state index is 11.9. The molecule has 1 heterocycles. The van der Waals surface area contributed by atoms with E-state index < -0.39 is 0 Å². The molecule has 1 aliphatic heterocycles. The van der Waals surface area contributed by atoms with Gasteiger partial charge in [-0.25, -0.2) is 0 Å². The standard InChI is InChI=1S/C14H16N2O/c1-2-11-6-5-7-12(10-11)16-14(17)13-8-3-4-9-15-13/h1,5-7,10,13,15H,3-4,8-9H2,(H,16,17)/t13-/m0/s1. The van der Waals surface area contributed by atoms with Crippen molar-refractivity contribution in [3.63, 3.8) is 0 Å². The lowest BCUT2D eigenvalue weighted by Crippen LogP contribution is -2.43. The van der Waals surface area contributed by atoms with Gasteiger partial charge in [0.15, 0.2) is 0 Å². The van der Waals surface area contributed by atoms with Crippen molar-refractivity contribution in [1.29, 1.82) is 0 Å². The quantitative estimate of drug-likeness (QED) is 0.757. The third-order valence-electron chi connectivity index (χ3n) is 2.92. The summed E-state index contributed by atoms with van der Waals surface area (Å²) in [5.41, 5.74) is 1.54. The highest BCUT2D eigenvalue weighted by Gasteiger charge is 2.20. The molecule has 1 fully saturated rings. The SMILES string of the molecule is C#Cc1cccc(NC(=O)[C@@H]2CCCCN2)c1. The van der Waals surface area contributed by atoms with Gasteiger partial charge in [-0.2, -0.15) is 0 Å². The number of piperidine rings is 1. The predicted molar refractivity (Wildman–Crippen MR) is 68.6 cm³/mol. The van der Waals surface area contributed by atoms with Crippen LogP contribution in [0.4, 0.5) is 5.69 Å². The van der Waals surface area contributed by atoms with Gasteiger partial charge in [-0.1, -0.05) is 18.4 Å². The summed E-state index contributed by atoms with van der Waals surface area (Å²) in [6.45, 7) is 0.919. The highest BCUT2D eigenvalue weighted by Crippen LogP contribution is 2.13. The van der Waals surface area contributed by atoms with Crippen molar-refractivity contribution in [2.45, 2.75) is 25.3 Å². The monoisotopic (exact) mass is 228 g/mol. The molecule has 2 N–H and O–H groups in total. The molecule has 1 aromatic carbocycles. The van der Waals surface area contributed by atoms with Crippen molar-refractivity contribution >= 4 is 11.6 Å². The molecule has 1 aliphatic rings. The molecule has 0 aromatic heterocycles. The Morgan fingerprint density at radius 3 is 3.06 bits per heavy atom. The zero-order chi connectivity index (χ0) is 12.1. The van der Waals surface area contributed by atoms with Crippen LogP contribution in [-0.4, -0.2) is 18.5 Å². The molecule has 88 valence electrons. The van der Waals surface area contributed by atoms with Crippen LogP contribution in [0.15, 0.2) is 24.3 Å². The van der Waals surface area contributed by atoms with E-state index in [2.05, 4.69) is 16.6 Å². The van der Waals surface area contributed by atoms with Crippen LogP contribution in [0.3, 0.4) is 0 Å². The summed E-state index contributed by atoms with van der Waals surface area (Å²) in [7, 11) is 0. The fourth-order valence-corrected chi connectivity index (χ4v) is 1.99. The number of terminal acetylenes is 1. The minimum atomic E-state index is -0.0711. The van der Waals surface area contributed by atoms with Gasteiger partial charge in [0.1, 0.15) is 0 Å². The molecule has 2 rings (SSSR count). The molecule has 3 nitrogen and oxygen atoms in total. The lowest BCUT2D eigenvalue weighted by atomic mass is 10.0. The van der Waals surface area contributed by atoms with E-state index >= 15 is 0 Å². The van der Waals surface area contributed by atoms with Crippen LogP contribution >= 0.6 is 0 Å². The minimum absolute atomic E-state index is 0.0267. The van der Waals surface area contributed by atoms with Crippen molar-refractivity contribution in [2.24, 2.45) is 0 Å². The van der Waals surface area contributed by atoms with Gasteiger partial charge < -0.3 is 10.6 Å². The predicted octanol–water partition coefficient (Wildman–Crippen LogP) is 1.75. The zero-order valence-corrected chi connectivity index (χ0v) is 9.70. The van der Waals surface area contributed by atoms with E-state index in [1.807, 2.05) is 18.2 Å². The van der Waals surface area contributed by atoms with Crippen LogP contribution in [0.5, 0.6) is 0 Å². The third-order valence-corrected chi connectivity index (χ3v) is 2.92. The van der Waals surface area contributed by atoms with Gasteiger partial charge in [-0.3, -0.25) is 4.79 Å². The number of amides is 1. The Balaban J connectivity index is 1.99. The van der Waals surface area contributed by atoms with Crippen LogP contribution in [-0.2, 0) is 4.79 Å². The molecule has 1 aromatic rings. The first-order chi connectivity index (χ1) is 8.29. The summed E-state index contributed by atoms with van der Waals surface area (Å²) in [4.78, 5) is 11.9. The van der Waals surface area contributed by atoms with Crippen LogP contribution in [0, 0.1) is 12.3 Å². The minimum Gasteiger partial charge on any atom is -0.325 e. The van der Waals surface area contributed by atoms with Crippen LogP contribution in [0.25, 0.3) is 0 Å². The Morgan fingerprint density at radius 2 is 2.35 bits per heavy atom. The Hall–Kier alpha value is -1.79. The topological polar surface area (TPSA) is 41.1 Å². The summed E-state index contributed by atoms with van der Waals surface area (Å²) in [6, 6.07) is 7.27. The van der Waals surface area contributed by atoms with Crippen molar-refractivity contribution in [1.82, 2.24) is 5.32 Å². The van der Waals surface area contributed by atoms with E-state index in [-0.39, 0.29) is 11.9 Å². The molecule has 0 saturated carbocycles. The summed E-state index contributed by atoms with van der Waals surface area (Å²) >= 11 is 0. The van der Waals surface area contributed by atoms with Crippen molar-refractivity contribution in [2.75, 3.05) is 11.9 Å². The van der Waals surface area contributed by atoms with Gasteiger partial charge in [-0.15, -0.1) is 6.42 Å². The van der Waals surface area contributed by atoms with Crippen LogP contribution < -0.4 is 10.6 Å². The van der Waals surface area contributed by atoms with E-state index in [1.165, 1.54) is 0 Å². The number of hydrogen-bond acceptors (Lipinski definition) is 2. The number of carbonyl (C=O) groups is 1. The number of nitrogens with one attached hydrogen (secondary N) is 2. The van der Waals surface area contributed by atoms with Crippen molar-refractivity contribution < 1.29 is 4.79 Å². The highest BCUT2D eigenvalue weighted by atomic mass is 16.2. The number of carbonyl (C=O) groups excluding carboxylic acids is 1. The molecule has 3 heteroatoms. The van der Waals surface area contributed by atoms with Gasteiger partial charge in [0.25, 0.3) is 0 Å². The largest absolute Gasteiger partial charge is 0.325 e. The maximum absolute atomic E-state index is 11.9. The molecule has 1 atom stereocenters. The molecule has 0 spiro atoms. The van der Waals surface area contributed by atoms with Crippen LogP contribution in [0.2, 0.25) is 0 Å². The van der Waals surface area contributed by atoms with Gasteiger partial charge in [0.2, 0.25) is 5.91 Å². The lowest BCUT2D eigenvalue weighted by molar-refractivity contribution is -0.118. The van der Waals surface area contributed by atoms with Crippen molar-refractivity contribution in [3.8, 4) is 12.3 Å². The fraction of sp³-hybridized carbons (Fsp3) is 0.357. The first-order valence-corrected chi connectivity index (χ1v) is 5.90. The maximum Gasteiger partial charge on any atom is 0.241 e. The summed E-state index contributed by atoms with van der Waals surface area (Å²) in [5.74, 6) is 2.58. The smallest absolute Gasteiger partial charge is 0.241 e. The second-order valence-electron chi connectivity index (χ2n) is 4.22. The molecule has 1 amide bonds. The van der Waals surface area contributed by atoms with E-state index in [1.54, 1.807) is 6.07 Å². The molecule has 0 radical (unpaired) electrons. The Labute approximate surface area is 102 Å². The second-order valence-corrected chi connectivity index (χ2v) is 4.22. The molecule has 0 aliphatic carbocycles. The fourth-order valence-electron chi connectivity index (χ4n) is 1.99. The Morgan fingerprint density at radius 1 is 1.47 bits per heavy atom. The average molecular weight is 228 g/mol. The number of anilines is 1. The number of rotatable bonds is 2. The molecular formula is C14H16N2O. The number of hydrogen-bond donors (Lipinski definition) is 2. The lowest BCUT2D eigenvalue weighted by Gasteiger charge is -2.22. The van der Waals surface area contributed by atoms with Gasteiger partial charge in [0, 0.05) is 11.3 Å². The van der Waals surface area contributed by atoms with E-state index in [4.69, 9.17) is 6.42 Å². The Kier molecular flexibility index (Phi) is 3.79. The third kappa shape index (κ3) is 3.08. The zero-order valence-electron chi connectivity index (χ0n) is 9.70. The van der Waals surface area contributed by atoms with E-state index in [9.17, 15) is 4.79 Å². The summed E-state index contributed by atoms with van der Waals surface area (Å²) < 4.78 is 0. The van der Waals surface area contributed by atoms with E-state index in [0.717, 1.165) is 37.1 Å². The first-order valence-electron chi connectivity index (χ1n) is 5.90. The van der Waals surface area contributed by atoms with Crippen molar-refractivity contribution in [3.05, 3.63) is 29.8 Å². The van der Waals surface area contributed by atoms with Gasteiger partial charge >= 0.3 is 0 Å². The number of benzene rings is 1. The average Bonchev–Trinajstić information content (AvgIpc) is 2.40. The van der Waals surface area contributed by atoms with Gasteiger partial charge in [0.05, 0.1) is 6.04 Å². The van der Waals surface area contributed by atoms with Crippen LogP contribution in [0.1, 0.15) is 24.8 Å². The molecular weight excluding hydrogens is 212 g/mol. The first kappa shape index (κ1) is 11.7. The molecule has 17 heavy (non-hydrogen) atoms. The highest BCUT2D eigenvalue weighted by molar-refractivity contribution is 5.95. The molecule has 0 bridgehead atoms. The second kappa shape index (κ2) is 5.51. The Bertz CT molecular complexity index is 442.